The van der Waals surface area contributed by atoms with Gasteiger partial charge in [-0.05, 0) is 37.8 Å². The summed E-state index contributed by atoms with van der Waals surface area (Å²) in [6, 6.07) is 7.18. The second kappa shape index (κ2) is 12.0. The van der Waals surface area contributed by atoms with E-state index in [1.165, 1.54) is 0 Å². The van der Waals surface area contributed by atoms with Crippen LogP contribution in [-0.4, -0.2) is 73.0 Å². The molecule has 0 N–H and O–H groups in total. The van der Waals surface area contributed by atoms with Crippen molar-refractivity contribution in [3.05, 3.63) is 35.4 Å². The number of likely N-dealkylation sites (N-methyl/N-ethyl adjacent to an activating group) is 2. The summed E-state index contributed by atoms with van der Waals surface area (Å²) in [5.41, 5.74) is 1.14. The van der Waals surface area contributed by atoms with Gasteiger partial charge in [-0.3, -0.25) is 4.79 Å². The van der Waals surface area contributed by atoms with E-state index in [1.54, 1.807) is 12.1 Å². The number of rotatable bonds is 12. The first-order chi connectivity index (χ1) is 12.1. The maximum absolute atomic E-state index is 13.1. The summed E-state index contributed by atoms with van der Waals surface area (Å²) in [6.07, 6.45) is 0. The van der Waals surface area contributed by atoms with Crippen molar-refractivity contribution >= 4 is 5.91 Å². The zero-order valence-electron chi connectivity index (χ0n) is 16.3. The summed E-state index contributed by atoms with van der Waals surface area (Å²) in [7, 11) is 0. The Labute approximate surface area is 153 Å². The van der Waals surface area contributed by atoms with Crippen LogP contribution in [0.1, 0.15) is 43.6 Å². The molecular weight excluding hydrogens is 314 g/mol. The van der Waals surface area contributed by atoms with E-state index in [0.29, 0.717) is 24.2 Å². The van der Waals surface area contributed by atoms with Gasteiger partial charge >= 0.3 is 0 Å². The van der Waals surface area contributed by atoms with Crippen molar-refractivity contribution in [2.24, 2.45) is 0 Å². The number of amides is 1. The van der Waals surface area contributed by atoms with Crippen LogP contribution in [0.25, 0.3) is 0 Å². The van der Waals surface area contributed by atoms with Crippen molar-refractivity contribution in [2.45, 2.75) is 34.3 Å². The Morgan fingerprint density at radius 1 is 0.800 bits per heavy atom. The number of carbonyl (C=O) groups is 1. The minimum Gasteiger partial charge on any atom is -0.336 e. The smallest absolute Gasteiger partial charge is 0.254 e. The van der Waals surface area contributed by atoms with Crippen LogP contribution in [0.2, 0.25) is 0 Å². The van der Waals surface area contributed by atoms with Crippen LogP contribution in [0.3, 0.4) is 0 Å². The highest BCUT2D eigenvalue weighted by Gasteiger charge is 2.19. The fourth-order valence-corrected chi connectivity index (χ4v) is 2.94. The SMILES string of the molecule is CCN(CC)CCN(CCN(CC)CC)C(=O)c1ccccc1C[O]. The van der Waals surface area contributed by atoms with Gasteiger partial charge in [-0.15, -0.1) is 0 Å². The van der Waals surface area contributed by atoms with E-state index < -0.39 is 0 Å². The van der Waals surface area contributed by atoms with Crippen molar-refractivity contribution < 1.29 is 9.90 Å². The van der Waals surface area contributed by atoms with Crippen LogP contribution in [-0.2, 0) is 11.7 Å². The van der Waals surface area contributed by atoms with Crippen molar-refractivity contribution in [1.82, 2.24) is 14.7 Å². The third kappa shape index (κ3) is 6.77. The molecule has 0 saturated heterocycles. The van der Waals surface area contributed by atoms with Gasteiger partial charge in [-0.2, -0.15) is 0 Å². The zero-order valence-corrected chi connectivity index (χ0v) is 16.3. The molecule has 0 fully saturated rings. The molecule has 0 aliphatic carbocycles. The first-order valence-corrected chi connectivity index (χ1v) is 9.51. The van der Waals surface area contributed by atoms with Crippen LogP contribution in [0.5, 0.6) is 0 Å². The Bertz CT molecular complexity index is 483. The third-order valence-corrected chi connectivity index (χ3v) is 4.85. The van der Waals surface area contributed by atoms with Gasteiger partial charge in [-0.25, -0.2) is 5.11 Å². The molecule has 5 heteroatoms. The van der Waals surface area contributed by atoms with Crippen molar-refractivity contribution in [2.75, 3.05) is 52.4 Å². The van der Waals surface area contributed by atoms with Gasteiger partial charge in [0.2, 0.25) is 0 Å². The van der Waals surface area contributed by atoms with Gasteiger partial charge in [0.25, 0.3) is 5.91 Å². The normalized spacial score (nSPS) is 11.3. The summed E-state index contributed by atoms with van der Waals surface area (Å²) < 4.78 is 0. The first kappa shape index (κ1) is 21.6. The monoisotopic (exact) mass is 348 g/mol. The minimum absolute atomic E-state index is 0.0224. The van der Waals surface area contributed by atoms with Crippen molar-refractivity contribution in [1.29, 1.82) is 0 Å². The van der Waals surface area contributed by atoms with Crippen LogP contribution < -0.4 is 0 Å². The second-order valence-corrected chi connectivity index (χ2v) is 6.15. The highest BCUT2D eigenvalue weighted by molar-refractivity contribution is 5.95. The average Bonchev–Trinajstić information content (AvgIpc) is 2.67. The fourth-order valence-electron chi connectivity index (χ4n) is 2.94. The molecule has 1 amide bonds. The van der Waals surface area contributed by atoms with Gasteiger partial charge in [0, 0.05) is 31.7 Å². The maximum Gasteiger partial charge on any atom is 0.254 e. The maximum atomic E-state index is 13.1. The summed E-state index contributed by atoms with van der Waals surface area (Å²) in [6.45, 7) is 15.2. The molecule has 0 heterocycles. The van der Waals surface area contributed by atoms with Gasteiger partial charge < -0.3 is 14.7 Å². The molecule has 1 radical (unpaired) electrons. The van der Waals surface area contributed by atoms with Crippen LogP contribution >= 0.6 is 0 Å². The molecule has 0 spiro atoms. The summed E-state index contributed by atoms with van der Waals surface area (Å²) in [5.74, 6) is -0.0224. The van der Waals surface area contributed by atoms with Gasteiger partial charge in [0.15, 0.2) is 0 Å². The lowest BCUT2D eigenvalue weighted by Crippen LogP contribution is -2.43. The summed E-state index contributed by atoms with van der Waals surface area (Å²) in [5, 5.41) is 11.4. The van der Waals surface area contributed by atoms with Crippen LogP contribution in [0.15, 0.2) is 24.3 Å². The predicted molar refractivity (Wildman–Crippen MR) is 102 cm³/mol. The van der Waals surface area contributed by atoms with Crippen molar-refractivity contribution in [3.8, 4) is 0 Å². The molecule has 25 heavy (non-hydrogen) atoms. The Hall–Kier alpha value is -1.43. The molecule has 1 aromatic rings. The van der Waals surface area contributed by atoms with E-state index in [-0.39, 0.29) is 12.5 Å². The molecule has 5 nitrogen and oxygen atoms in total. The van der Waals surface area contributed by atoms with Gasteiger partial charge in [0.1, 0.15) is 6.61 Å². The Morgan fingerprint density at radius 3 is 1.72 bits per heavy atom. The number of hydrogen-bond donors (Lipinski definition) is 0. The predicted octanol–water partition coefficient (Wildman–Crippen LogP) is 2.74. The zero-order chi connectivity index (χ0) is 18.7. The Balaban J connectivity index is 2.89. The van der Waals surface area contributed by atoms with Crippen LogP contribution in [0, 0.1) is 0 Å². The standard InChI is InChI=1S/C20H34N3O2/c1-5-21(6-2)13-15-23(16-14-22(7-3)8-4)20(25)19-12-10-9-11-18(19)17-24/h9-12H,5-8,13-17H2,1-4H3. The van der Waals surface area contributed by atoms with E-state index in [1.807, 2.05) is 17.0 Å². The van der Waals surface area contributed by atoms with Gasteiger partial charge in [0.05, 0.1) is 0 Å². The number of carbonyl (C=O) groups excluding carboxylic acids is 1. The first-order valence-electron chi connectivity index (χ1n) is 9.51. The number of benzene rings is 1. The minimum atomic E-state index is -0.359. The molecule has 1 rings (SSSR count). The van der Waals surface area contributed by atoms with E-state index in [9.17, 15) is 9.90 Å². The lowest BCUT2D eigenvalue weighted by Gasteiger charge is -2.29. The number of hydrogen-bond acceptors (Lipinski definition) is 3. The molecule has 0 bridgehead atoms. The van der Waals surface area contributed by atoms with E-state index in [4.69, 9.17) is 0 Å². The molecule has 0 saturated carbocycles. The van der Waals surface area contributed by atoms with Crippen molar-refractivity contribution in [3.63, 3.8) is 0 Å². The molecule has 0 aliphatic heterocycles. The fraction of sp³-hybridized carbons (Fsp3) is 0.650. The Kier molecular flexibility index (Phi) is 10.4. The number of nitrogens with zero attached hydrogens (tertiary/aromatic N) is 3. The lowest BCUT2D eigenvalue weighted by atomic mass is 10.1. The molecule has 0 aliphatic rings. The third-order valence-electron chi connectivity index (χ3n) is 4.85. The van der Waals surface area contributed by atoms with E-state index in [0.717, 1.165) is 39.3 Å². The van der Waals surface area contributed by atoms with E-state index in [2.05, 4.69) is 37.5 Å². The summed E-state index contributed by atoms with van der Waals surface area (Å²) >= 11 is 0. The largest absolute Gasteiger partial charge is 0.336 e. The molecule has 0 aromatic heterocycles. The van der Waals surface area contributed by atoms with Gasteiger partial charge in [-0.1, -0.05) is 45.9 Å². The Morgan fingerprint density at radius 2 is 1.28 bits per heavy atom. The molecule has 0 unspecified atom stereocenters. The highest BCUT2D eigenvalue weighted by Crippen LogP contribution is 2.12. The molecule has 0 atom stereocenters. The van der Waals surface area contributed by atoms with Crippen LogP contribution in [0.4, 0.5) is 0 Å². The highest BCUT2D eigenvalue weighted by atomic mass is 16.3. The van der Waals surface area contributed by atoms with E-state index >= 15 is 0 Å². The molecular formula is C20H34N3O2. The molecule has 141 valence electrons. The molecule has 1 aromatic carbocycles. The average molecular weight is 349 g/mol. The quantitative estimate of drug-likeness (QED) is 0.583. The topological polar surface area (TPSA) is 46.7 Å². The summed E-state index contributed by atoms with van der Waals surface area (Å²) in [4.78, 5) is 19.6. The second-order valence-electron chi connectivity index (χ2n) is 6.15. The lowest BCUT2D eigenvalue weighted by molar-refractivity contribution is 0.0712.